The molecular weight excluding hydrogens is 218 g/mol. The molecule has 0 atom stereocenters. The highest BCUT2D eigenvalue weighted by molar-refractivity contribution is 5.78. The van der Waals surface area contributed by atoms with Gasteiger partial charge in [-0.15, -0.1) is 0 Å². The van der Waals surface area contributed by atoms with Crippen LogP contribution in [0, 0.1) is 11.3 Å². The Bertz CT molecular complexity index is 272. The van der Waals surface area contributed by atoms with Crippen LogP contribution in [0.25, 0.3) is 0 Å². The summed E-state index contributed by atoms with van der Waals surface area (Å²) in [5, 5.41) is 0. The van der Waals surface area contributed by atoms with E-state index in [4.69, 9.17) is 9.47 Å². The molecule has 1 aliphatic heterocycles. The molecule has 0 aromatic heterocycles. The quantitative estimate of drug-likeness (QED) is 0.657. The van der Waals surface area contributed by atoms with E-state index in [-0.39, 0.29) is 5.97 Å². The summed E-state index contributed by atoms with van der Waals surface area (Å²) in [5.41, 5.74) is -0.400. The molecule has 98 valence electrons. The number of esters is 1. The fourth-order valence-electron chi connectivity index (χ4n) is 2.62. The molecule has 1 saturated carbocycles. The van der Waals surface area contributed by atoms with E-state index in [2.05, 4.69) is 11.9 Å². The van der Waals surface area contributed by atoms with E-state index in [0.29, 0.717) is 13.2 Å². The third kappa shape index (κ3) is 2.80. The summed E-state index contributed by atoms with van der Waals surface area (Å²) in [7, 11) is 3.54. The van der Waals surface area contributed by atoms with Crippen LogP contribution in [0.3, 0.4) is 0 Å². The minimum Gasteiger partial charge on any atom is -0.468 e. The minimum absolute atomic E-state index is 0.126. The van der Waals surface area contributed by atoms with Crippen LogP contribution in [0.15, 0.2) is 0 Å². The molecule has 0 N–H and O–H groups in total. The number of nitrogens with zero attached hydrogens (tertiary/aromatic N) is 1. The molecule has 1 aliphatic carbocycles. The second kappa shape index (κ2) is 5.36. The maximum atomic E-state index is 11.7. The van der Waals surface area contributed by atoms with E-state index in [9.17, 15) is 4.79 Å². The van der Waals surface area contributed by atoms with Crippen molar-refractivity contribution in [1.29, 1.82) is 0 Å². The van der Waals surface area contributed by atoms with Gasteiger partial charge in [-0.05, 0) is 25.9 Å². The molecule has 4 nitrogen and oxygen atoms in total. The highest BCUT2D eigenvalue weighted by Crippen LogP contribution is 2.32. The van der Waals surface area contributed by atoms with Crippen molar-refractivity contribution in [3.05, 3.63) is 0 Å². The van der Waals surface area contributed by atoms with E-state index in [1.807, 2.05) is 0 Å². The third-order valence-electron chi connectivity index (χ3n) is 4.09. The molecule has 0 bridgehead atoms. The monoisotopic (exact) mass is 241 g/mol. The van der Waals surface area contributed by atoms with E-state index >= 15 is 0 Å². The summed E-state index contributed by atoms with van der Waals surface area (Å²) in [5.74, 6) is 0.795. The Hall–Kier alpha value is -0.610. The lowest BCUT2D eigenvalue weighted by molar-refractivity contribution is -0.186. The van der Waals surface area contributed by atoms with E-state index in [1.54, 1.807) is 0 Å². The highest BCUT2D eigenvalue weighted by atomic mass is 16.5. The number of rotatable bonds is 6. The Morgan fingerprint density at radius 3 is 2.59 bits per heavy atom. The van der Waals surface area contributed by atoms with Gasteiger partial charge in [-0.2, -0.15) is 0 Å². The first kappa shape index (κ1) is 12.8. The molecule has 0 aromatic carbocycles. The van der Waals surface area contributed by atoms with Crippen molar-refractivity contribution in [1.82, 2.24) is 4.90 Å². The van der Waals surface area contributed by atoms with E-state index in [1.165, 1.54) is 32.8 Å². The summed E-state index contributed by atoms with van der Waals surface area (Å²) >= 11 is 0. The number of methoxy groups -OCH3 is 1. The maximum Gasteiger partial charge on any atom is 0.317 e. The summed E-state index contributed by atoms with van der Waals surface area (Å²) in [6.07, 6.45) is 5.43. The number of hydrogen-bond donors (Lipinski definition) is 0. The maximum absolute atomic E-state index is 11.7. The van der Waals surface area contributed by atoms with Gasteiger partial charge in [-0.3, -0.25) is 4.79 Å². The summed E-state index contributed by atoms with van der Waals surface area (Å²) < 4.78 is 10.1. The molecule has 1 saturated heterocycles. The number of carbonyl (C=O) groups is 1. The molecular formula is C13H23NO3. The largest absolute Gasteiger partial charge is 0.468 e. The second-order valence-electron chi connectivity index (χ2n) is 5.59. The molecule has 2 rings (SSSR count). The summed E-state index contributed by atoms with van der Waals surface area (Å²) in [6.45, 7) is 2.84. The Morgan fingerprint density at radius 2 is 2.18 bits per heavy atom. The third-order valence-corrected chi connectivity index (χ3v) is 4.09. The molecule has 4 heteroatoms. The van der Waals surface area contributed by atoms with Crippen molar-refractivity contribution >= 4 is 5.97 Å². The van der Waals surface area contributed by atoms with Gasteiger partial charge in [0.25, 0.3) is 0 Å². The number of ether oxygens (including phenoxy) is 2. The van der Waals surface area contributed by atoms with Crippen molar-refractivity contribution < 1.29 is 14.3 Å². The SMILES string of the molecule is COC(=O)C1(CN(C)CCC2CCC2)COC1. The zero-order valence-electron chi connectivity index (χ0n) is 10.9. The first-order valence-electron chi connectivity index (χ1n) is 6.51. The molecule has 2 fully saturated rings. The fraction of sp³-hybridized carbons (Fsp3) is 0.923. The van der Waals surface area contributed by atoms with Gasteiger partial charge in [-0.25, -0.2) is 0 Å². The van der Waals surface area contributed by atoms with Crippen LogP contribution >= 0.6 is 0 Å². The molecule has 0 spiro atoms. The lowest BCUT2D eigenvalue weighted by Crippen LogP contribution is -2.56. The van der Waals surface area contributed by atoms with Crippen LogP contribution in [0.1, 0.15) is 25.7 Å². The Labute approximate surface area is 103 Å². The molecule has 2 aliphatic rings. The van der Waals surface area contributed by atoms with Gasteiger partial charge >= 0.3 is 5.97 Å². The minimum atomic E-state index is -0.400. The Kier molecular flexibility index (Phi) is 4.05. The number of carbonyl (C=O) groups excluding carboxylic acids is 1. The molecule has 0 aromatic rings. The van der Waals surface area contributed by atoms with Crippen LogP contribution < -0.4 is 0 Å². The van der Waals surface area contributed by atoms with Gasteiger partial charge in [0.05, 0.1) is 20.3 Å². The smallest absolute Gasteiger partial charge is 0.317 e. The first-order chi connectivity index (χ1) is 8.16. The van der Waals surface area contributed by atoms with Crippen LogP contribution in [0.4, 0.5) is 0 Å². The molecule has 17 heavy (non-hydrogen) atoms. The van der Waals surface area contributed by atoms with Crippen LogP contribution in [0.2, 0.25) is 0 Å². The standard InChI is InChI=1S/C13H23NO3/c1-14(7-6-11-4-3-5-11)8-13(9-17-10-13)12(15)16-2/h11H,3-10H2,1-2H3. The fourth-order valence-corrected chi connectivity index (χ4v) is 2.62. The average molecular weight is 241 g/mol. The van der Waals surface area contributed by atoms with Crippen LogP contribution in [-0.2, 0) is 14.3 Å². The zero-order chi connectivity index (χ0) is 12.3. The van der Waals surface area contributed by atoms with Crippen molar-refractivity contribution in [2.24, 2.45) is 11.3 Å². The van der Waals surface area contributed by atoms with E-state index < -0.39 is 5.41 Å². The lowest BCUT2D eigenvalue weighted by Gasteiger charge is -2.41. The first-order valence-corrected chi connectivity index (χ1v) is 6.51. The zero-order valence-corrected chi connectivity index (χ0v) is 10.9. The van der Waals surface area contributed by atoms with Gasteiger partial charge in [-0.1, -0.05) is 19.3 Å². The molecule has 0 amide bonds. The second-order valence-corrected chi connectivity index (χ2v) is 5.59. The Balaban J connectivity index is 1.75. The summed E-state index contributed by atoms with van der Waals surface area (Å²) in [4.78, 5) is 14.0. The van der Waals surface area contributed by atoms with Gasteiger partial charge < -0.3 is 14.4 Å². The number of hydrogen-bond acceptors (Lipinski definition) is 4. The van der Waals surface area contributed by atoms with Gasteiger partial charge in [0.2, 0.25) is 0 Å². The molecule has 0 unspecified atom stereocenters. The molecule has 1 heterocycles. The van der Waals surface area contributed by atoms with Crippen LogP contribution in [0.5, 0.6) is 0 Å². The van der Waals surface area contributed by atoms with Crippen molar-refractivity contribution in [3.8, 4) is 0 Å². The molecule has 0 radical (unpaired) electrons. The predicted octanol–water partition coefficient (Wildman–Crippen LogP) is 1.30. The van der Waals surface area contributed by atoms with Crippen molar-refractivity contribution in [2.75, 3.05) is 40.5 Å². The van der Waals surface area contributed by atoms with Crippen molar-refractivity contribution in [2.45, 2.75) is 25.7 Å². The van der Waals surface area contributed by atoms with Gasteiger partial charge in [0, 0.05) is 6.54 Å². The van der Waals surface area contributed by atoms with Crippen LogP contribution in [-0.4, -0.2) is 51.3 Å². The average Bonchev–Trinajstić information content (AvgIpc) is 2.20. The van der Waals surface area contributed by atoms with Gasteiger partial charge in [0.1, 0.15) is 5.41 Å². The topological polar surface area (TPSA) is 38.8 Å². The summed E-state index contributed by atoms with van der Waals surface area (Å²) in [6, 6.07) is 0. The lowest BCUT2D eigenvalue weighted by atomic mass is 9.82. The van der Waals surface area contributed by atoms with E-state index in [0.717, 1.165) is 19.0 Å². The van der Waals surface area contributed by atoms with Crippen molar-refractivity contribution in [3.63, 3.8) is 0 Å². The normalized spacial score (nSPS) is 23.0. The van der Waals surface area contributed by atoms with Gasteiger partial charge in [0.15, 0.2) is 0 Å². The highest BCUT2D eigenvalue weighted by Gasteiger charge is 2.47. The predicted molar refractivity (Wildman–Crippen MR) is 64.7 cm³/mol. The Morgan fingerprint density at radius 1 is 1.47 bits per heavy atom.